The molecule has 1 radical (unpaired) electrons. The van der Waals surface area contributed by atoms with E-state index in [0.717, 1.165) is 12.2 Å². The summed E-state index contributed by atoms with van der Waals surface area (Å²) in [6, 6.07) is 0. The molecule has 0 saturated carbocycles. The van der Waals surface area contributed by atoms with E-state index in [9.17, 15) is 14.4 Å². The maximum absolute atomic E-state index is 11.6. The fraction of sp³-hybridized carbons (Fsp3) is 0.154. The van der Waals surface area contributed by atoms with Crippen LogP contribution in [0.5, 0.6) is 0 Å². The van der Waals surface area contributed by atoms with Gasteiger partial charge in [-0.15, -0.1) is 0 Å². The van der Waals surface area contributed by atoms with Gasteiger partial charge in [-0.2, -0.15) is 0 Å². The maximum Gasteiger partial charge on any atom is 0.271 e. The zero-order valence-corrected chi connectivity index (χ0v) is 10.1. The molecule has 0 rings (SSSR count). The predicted octanol–water partition coefficient (Wildman–Crippen LogP) is 1.04. The van der Waals surface area contributed by atoms with Crippen LogP contribution in [0.4, 0.5) is 0 Å². The lowest BCUT2D eigenvalue weighted by molar-refractivity contribution is -0.115. The second-order valence-corrected chi connectivity index (χ2v) is 2.89. The van der Waals surface area contributed by atoms with Gasteiger partial charge in [-0.05, 0) is 6.08 Å². The molecule has 18 heavy (non-hydrogen) atoms. The van der Waals surface area contributed by atoms with Crippen molar-refractivity contribution in [3.63, 3.8) is 0 Å². The van der Waals surface area contributed by atoms with Crippen LogP contribution in [0, 0.1) is 0 Å². The van der Waals surface area contributed by atoms with Gasteiger partial charge in [0.2, 0.25) is 5.78 Å². The topological polar surface area (TPSA) is 69.7 Å². The van der Waals surface area contributed by atoms with Gasteiger partial charge >= 0.3 is 0 Å². The molecule has 0 aromatic carbocycles. The average molecular weight is 249 g/mol. The molecule has 0 aromatic heterocycles. The quantitative estimate of drug-likeness (QED) is 0.365. The Kier molecular flexibility index (Phi) is 7.52. The number of rotatable bonds is 8. The first-order chi connectivity index (χ1) is 8.58. The van der Waals surface area contributed by atoms with E-state index in [4.69, 9.17) is 4.74 Å². The second kappa shape index (κ2) is 8.69. The summed E-state index contributed by atoms with van der Waals surface area (Å²) in [6.07, 6.45) is 7.36. The Balaban J connectivity index is 5.03. The van der Waals surface area contributed by atoms with Crippen LogP contribution in [0.25, 0.3) is 0 Å². The third-order valence-electron chi connectivity index (χ3n) is 1.72. The summed E-state index contributed by atoms with van der Waals surface area (Å²) in [4.78, 5) is 33.2. The largest absolute Gasteiger partial charge is 0.493 e. The smallest absolute Gasteiger partial charge is 0.271 e. The highest BCUT2D eigenvalue weighted by molar-refractivity contribution is 6.10. The Morgan fingerprint density at radius 3 is 2.28 bits per heavy atom. The highest BCUT2D eigenvalue weighted by atomic mass is 16.5. The van der Waals surface area contributed by atoms with Gasteiger partial charge in [-0.3, -0.25) is 14.4 Å². The molecular formula is C13H13O5. The number of methoxy groups -OCH3 is 2. The monoisotopic (exact) mass is 249 g/mol. The molecular weight excluding hydrogens is 236 g/mol. The summed E-state index contributed by atoms with van der Waals surface area (Å²) >= 11 is 0. The van der Waals surface area contributed by atoms with E-state index < -0.39 is 11.6 Å². The molecule has 0 bridgehead atoms. The molecule has 0 atom stereocenters. The van der Waals surface area contributed by atoms with Crippen LogP contribution < -0.4 is 0 Å². The Morgan fingerprint density at radius 1 is 1.17 bits per heavy atom. The molecule has 5 heteroatoms. The Bertz CT molecular complexity index is 427. The average Bonchev–Trinajstić information content (AvgIpc) is 2.39. The number of hydrogen-bond donors (Lipinski definition) is 0. The molecule has 5 nitrogen and oxygen atoms in total. The van der Waals surface area contributed by atoms with E-state index in [1.165, 1.54) is 38.7 Å². The molecule has 0 amide bonds. The van der Waals surface area contributed by atoms with E-state index in [1.54, 1.807) is 0 Å². The highest BCUT2D eigenvalue weighted by Gasteiger charge is 2.10. The van der Waals surface area contributed by atoms with Gasteiger partial charge in [0, 0.05) is 12.2 Å². The second-order valence-electron chi connectivity index (χ2n) is 2.89. The summed E-state index contributed by atoms with van der Waals surface area (Å²) in [7, 11) is 2.46. The molecule has 0 saturated heterocycles. The Morgan fingerprint density at radius 2 is 1.83 bits per heavy atom. The van der Waals surface area contributed by atoms with Crippen LogP contribution in [0.15, 0.2) is 48.5 Å². The molecule has 0 heterocycles. The van der Waals surface area contributed by atoms with Gasteiger partial charge in [-0.25, -0.2) is 0 Å². The van der Waals surface area contributed by atoms with E-state index >= 15 is 0 Å². The zero-order valence-electron chi connectivity index (χ0n) is 10.1. The van der Waals surface area contributed by atoms with Crippen molar-refractivity contribution >= 4 is 17.9 Å². The lowest BCUT2D eigenvalue weighted by atomic mass is 10.2. The van der Waals surface area contributed by atoms with Crippen molar-refractivity contribution in [3.8, 4) is 0 Å². The van der Waals surface area contributed by atoms with E-state index in [2.05, 4.69) is 11.3 Å². The SMILES string of the molecule is C=CC=CC(=O)C=C(OC)C(=O)C=C([C]=O)OC. The van der Waals surface area contributed by atoms with E-state index in [0.29, 0.717) is 0 Å². The zero-order chi connectivity index (χ0) is 14.0. The lowest BCUT2D eigenvalue weighted by Crippen LogP contribution is -2.06. The normalized spacial score (nSPS) is 12.1. The fourth-order valence-electron chi connectivity index (χ4n) is 0.891. The van der Waals surface area contributed by atoms with Gasteiger partial charge in [-0.1, -0.05) is 18.7 Å². The highest BCUT2D eigenvalue weighted by Crippen LogP contribution is 2.03. The summed E-state index contributed by atoms with van der Waals surface area (Å²) in [6.45, 7) is 3.40. The molecule has 0 aliphatic rings. The third kappa shape index (κ3) is 5.60. The van der Waals surface area contributed by atoms with Gasteiger partial charge in [0.1, 0.15) is 0 Å². The molecule has 0 N–H and O–H groups in total. The Labute approximate surface area is 105 Å². The van der Waals surface area contributed by atoms with Gasteiger partial charge in [0.05, 0.1) is 14.2 Å². The number of allylic oxidation sites excluding steroid dienone is 6. The minimum atomic E-state index is -0.668. The standard InChI is InChI=1S/C13H13O5/c1-4-5-6-10(15)7-13(18-3)12(16)8-11(9-14)17-2/h4-8H,1H2,2-3H3. The minimum Gasteiger partial charge on any atom is -0.493 e. The maximum atomic E-state index is 11.6. The van der Waals surface area contributed by atoms with Crippen LogP contribution in [0.3, 0.4) is 0 Å². The molecule has 0 aromatic rings. The van der Waals surface area contributed by atoms with Crippen molar-refractivity contribution in [2.75, 3.05) is 14.2 Å². The number of carbonyl (C=O) groups excluding carboxylic acids is 3. The number of carbonyl (C=O) groups is 2. The molecule has 95 valence electrons. The van der Waals surface area contributed by atoms with Crippen molar-refractivity contribution in [1.82, 2.24) is 0 Å². The number of ether oxygens (including phenoxy) is 2. The summed E-state index contributed by atoms with van der Waals surface area (Å²) < 4.78 is 9.31. The first-order valence-corrected chi connectivity index (χ1v) is 4.86. The van der Waals surface area contributed by atoms with Crippen molar-refractivity contribution in [2.24, 2.45) is 0 Å². The van der Waals surface area contributed by atoms with Crippen LogP contribution in [-0.4, -0.2) is 32.1 Å². The van der Waals surface area contributed by atoms with Crippen LogP contribution >= 0.6 is 0 Å². The lowest BCUT2D eigenvalue weighted by Gasteiger charge is -2.01. The number of hydrogen-bond acceptors (Lipinski definition) is 5. The van der Waals surface area contributed by atoms with Crippen molar-refractivity contribution in [1.29, 1.82) is 0 Å². The first-order valence-electron chi connectivity index (χ1n) is 4.86. The van der Waals surface area contributed by atoms with Crippen molar-refractivity contribution in [3.05, 3.63) is 48.5 Å². The fourth-order valence-corrected chi connectivity index (χ4v) is 0.891. The molecule has 0 unspecified atom stereocenters. The van der Waals surface area contributed by atoms with Crippen LogP contribution in [0.2, 0.25) is 0 Å². The third-order valence-corrected chi connectivity index (χ3v) is 1.72. The summed E-state index contributed by atoms with van der Waals surface area (Å²) in [5, 5.41) is 0. The summed E-state index contributed by atoms with van der Waals surface area (Å²) in [5.41, 5.74) is 0. The van der Waals surface area contributed by atoms with Gasteiger partial charge in [0.25, 0.3) is 6.29 Å². The Hall–Kier alpha value is -2.43. The van der Waals surface area contributed by atoms with E-state index in [-0.39, 0.29) is 11.5 Å². The summed E-state index contributed by atoms with van der Waals surface area (Å²) in [5.74, 6) is -1.60. The first kappa shape index (κ1) is 15.6. The van der Waals surface area contributed by atoms with Crippen LogP contribution in [0.1, 0.15) is 0 Å². The molecule has 0 fully saturated rings. The van der Waals surface area contributed by atoms with Crippen molar-refractivity contribution in [2.45, 2.75) is 0 Å². The van der Waals surface area contributed by atoms with Gasteiger partial charge < -0.3 is 9.47 Å². The van der Waals surface area contributed by atoms with Gasteiger partial charge in [0.15, 0.2) is 17.3 Å². The predicted molar refractivity (Wildman–Crippen MR) is 65.2 cm³/mol. The number of ketones is 2. The van der Waals surface area contributed by atoms with E-state index in [1.807, 2.05) is 0 Å². The van der Waals surface area contributed by atoms with Crippen molar-refractivity contribution < 1.29 is 23.9 Å². The molecule has 0 aliphatic heterocycles. The van der Waals surface area contributed by atoms with Crippen LogP contribution in [-0.2, 0) is 23.9 Å². The molecule has 0 aliphatic carbocycles. The minimum absolute atomic E-state index is 0.210. The molecule has 0 spiro atoms.